The van der Waals surface area contributed by atoms with Crippen LogP contribution in [0.2, 0.25) is 0 Å². The molecule has 1 aromatic carbocycles. The number of rotatable bonds is 4. The van der Waals surface area contributed by atoms with Crippen molar-refractivity contribution in [1.82, 2.24) is 24.6 Å². The SMILES string of the molecule is COc1ccc(-c2nc3nccc(-c4ccncc4)n3n2)c(OC)c1. The molecule has 7 heteroatoms. The van der Waals surface area contributed by atoms with Crippen LogP contribution in [0.3, 0.4) is 0 Å². The normalized spacial score (nSPS) is 10.8. The lowest BCUT2D eigenvalue weighted by Crippen LogP contribution is -1.96. The number of aromatic nitrogens is 5. The van der Waals surface area contributed by atoms with Crippen LogP contribution >= 0.6 is 0 Å². The fourth-order valence-electron chi connectivity index (χ4n) is 2.63. The van der Waals surface area contributed by atoms with E-state index >= 15 is 0 Å². The van der Waals surface area contributed by atoms with E-state index < -0.39 is 0 Å². The lowest BCUT2D eigenvalue weighted by Gasteiger charge is -2.07. The minimum Gasteiger partial charge on any atom is -0.497 e. The van der Waals surface area contributed by atoms with Gasteiger partial charge in [-0.05, 0) is 30.3 Å². The predicted octanol–water partition coefficient (Wildman–Crippen LogP) is 2.87. The molecule has 4 rings (SSSR count). The van der Waals surface area contributed by atoms with E-state index in [2.05, 4.69) is 20.1 Å². The topological polar surface area (TPSA) is 74.4 Å². The van der Waals surface area contributed by atoms with Gasteiger partial charge in [-0.3, -0.25) is 4.98 Å². The van der Waals surface area contributed by atoms with Crippen LogP contribution in [0.1, 0.15) is 0 Å². The minimum atomic E-state index is 0.516. The van der Waals surface area contributed by atoms with Crippen LogP contribution in [-0.4, -0.2) is 38.8 Å². The van der Waals surface area contributed by atoms with Gasteiger partial charge in [0, 0.05) is 30.2 Å². The number of methoxy groups -OCH3 is 2. The van der Waals surface area contributed by atoms with Gasteiger partial charge in [0.2, 0.25) is 0 Å². The van der Waals surface area contributed by atoms with Crippen LogP contribution in [0.4, 0.5) is 0 Å². The molecule has 0 saturated heterocycles. The third-order valence-corrected chi connectivity index (χ3v) is 3.87. The quantitative estimate of drug-likeness (QED) is 0.572. The Morgan fingerprint density at radius 1 is 0.920 bits per heavy atom. The number of pyridine rings is 1. The summed E-state index contributed by atoms with van der Waals surface area (Å²) in [5.41, 5.74) is 2.65. The molecular weight excluding hydrogens is 318 g/mol. The molecule has 0 bridgehead atoms. The van der Waals surface area contributed by atoms with Gasteiger partial charge in [0.25, 0.3) is 5.78 Å². The molecular formula is C18H15N5O2. The monoisotopic (exact) mass is 333 g/mol. The van der Waals surface area contributed by atoms with Crippen LogP contribution in [-0.2, 0) is 0 Å². The predicted molar refractivity (Wildman–Crippen MR) is 92.6 cm³/mol. The van der Waals surface area contributed by atoms with Crippen molar-refractivity contribution in [2.24, 2.45) is 0 Å². The van der Waals surface area contributed by atoms with Gasteiger partial charge in [-0.2, -0.15) is 9.50 Å². The molecule has 0 aliphatic heterocycles. The maximum Gasteiger partial charge on any atom is 0.253 e. The molecule has 0 atom stereocenters. The second-order valence-electron chi connectivity index (χ2n) is 5.28. The number of nitrogens with zero attached hydrogens (tertiary/aromatic N) is 5. The number of hydrogen-bond donors (Lipinski definition) is 0. The Hall–Kier alpha value is -3.48. The van der Waals surface area contributed by atoms with Crippen molar-refractivity contribution in [3.8, 4) is 34.1 Å². The molecule has 0 fully saturated rings. The van der Waals surface area contributed by atoms with Gasteiger partial charge in [0.05, 0.1) is 25.5 Å². The Morgan fingerprint density at radius 3 is 2.52 bits per heavy atom. The zero-order valence-electron chi connectivity index (χ0n) is 13.7. The summed E-state index contributed by atoms with van der Waals surface area (Å²) in [5.74, 6) is 2.40. The highest BCUT2D eigenvalue weighted by Gasteiger charge is 2.15. The maximum atomic E-state index is 5.46. The molecule has 7 nitrogen and oxygen atoms in total. The number of hydrogen-bond acceptors (Lipinski definition) is 6. The molecule has 0 radical (unpaired) electrons. The first-order valence-corrected chi connectivity index (χ1v) is 7.65. The molecule has 3 aromatic heterocycles. The number of fused-ring (bicyclic) bond motifs is 1. The summed E-state index contributed by atoms with van der Waals surface area (Å²) >= 11 is 0. The molecule has 0 aliphatic carbocycles. The van der Waals surface area contributed by atoms with Crippen molar-refractivity contribution in [3.63, 3.8) is 0 Å². The van der Waals surface area contributed by atoms with E-state index in [0.29, 0.717) is 23.1 Å². The van der Waals surface area contributed by atoms with Crippen molar-refractivity contribution in [2.45, 2.75) is 0 Å². The molecule has 0 aliphatic rings. The summed E-state index contributed by atoms with van der Waals surface area (Å²) in [6.07, 6.45) is 5.20. The van der Waals surface area contributed by atoms with Gasteiger partial charge in [-0.25, -0.2) is 4.98 Å². The second-order valence-corrected chi connectivity index (χ2v) is 5.28. The molecule has 0 saturated carbocycles. The first-order valence-electron chi connectivity index (χ1n) is 7.65. The summed E-state index contributed by atoms with van der Waals surface area (Å²) < 4.78 is 12.4. The summed E-state index contributed by atoms with van der Waals surface area (Å²) in [6.45, 7) is 0. The van der Waals surface area contributed by atoms with E-state index in [0.717, 1.165) is 16.8 Å². The Kier molecular flexibility index (Phi) is 3.74. The Balaban J connectivity index is 1.88. The van der Waals surface area contributed by atoms with E-state index in [1.165, 1.54) is 0 Å². The van der Waals surface area contributed by atoms with E-state index in [-0.39, 0.29) is 0 Å². The second kappa shape index (κ2) is 6.20. The van der Waals surface area contributed by atoms with Crippen molar-refractivity contribution in [1.29, 1.82) is 0 Å². The summed E-state index contributed by atoms with van der Waals surface area (Å²) in [7, 11) is 3.22. The highest BCUT2D eigenvalue weighted by atomic mass is 16.5. The third kappa shape index (κ3) is 2.65. The Labute approximate surface area is 143 Å². The molecule has 0 amide bonds. The first-order chi connectivity index (χ1) is 12.3. The Bertz CT molecular complexity index is 1030. The summed E-state index contributed by atoms with van der Waals surface area (Å²) in [4.78, 5) is 12.9. The van der Waals surface area contributed by atoms with Gasteiger partial charge in [0.1, 0.15) is 11.5 Å². The van der Waals surface area contributed by atoms with Crippen molar-refractivity contribution < 1.29 is 9.47 Å². The van der Waals surface area contributed by atoms with Crippen molar-refractivity contribution >= 4 is 5.78 Å². The average Bonchev–Trinajstić information content (AvgIpc) is 3.12. The molecule has 124 valence electrons. The van der Waals surface area contributed by atoms with Gasteiger partial charge in [-0.15, -0.1) is 5.10 Å². The molecule has 4 aromatic rings. The smallest absolute Gasteiger partial charge is 0.253 e. The van der Waals surface area contributed by atoms with Gasteiger partial charge >= 0.3 is 0 Å². The van der Waals surface area contributed by atoms with Crippen LogP contribution in [0.15, 0.2) is 55.0 Å². The summed E-state index contributed by atoms with van der Waals surface area (Å²) in [6, 6.07) is 11.3. The standard InChI is InChI=1S/C18H15N5O2/c1-24-13-3-4-14(16(11-13)25-2)17-21-18-20-10-7-15(23(18)22-17)12-5-8-19-9-6-12/h3-11H,1-2H3. The van der Waals surface area contributed by atoms with Gasteiger partial charge in [-0.1, -0.05) is 0 Å². The minimum absolute atomic E-state index is 0.516. The van der Waals surface area contributed by atoms with E-state index in [1.807, 2.05) is 30.3 Å². The fraction of sp³-hybridized carbons (Fsp3) is 0.111. The highest BCUT2D eigenvalue weighted by Crippen LogP contribution is 2.32. The zero-order valence-corrected chi connectivity index (χ0v) is 13.7. The molecule has 0 spiro atoms. The van der Waals surface area contributed by atoms with Gasteiger partial charge in [0.15, 0.2) is 5.82 Å². The fourth-order valence-corrected chi connectivity index (χ4v) is 2.63. The molecule has 0 N–H and O–H groups in total. The highest BCUT2D eigenvalue weighted by molar-refractivity contribution is 5.68. The van der Waals surface area contributed by atoms with E-state index in [9.17, 15) is 0 Å². The van der Waals surface area contributed by atoms with Crippen molar-refractivity contribution in [3.05, 3.63) is 55.0 Å². The van der Waals surface area contributed by atoms with Crippen LogP contribution in [0.25, 0.3) is 28.4 Å². The Morgan fingerprint density at radius 2 is 1.76 bits per heavy atom. The van der Waals surface area contributed by atoms with Crippen molar-refractivity contribution in [2.75, 3.05) is 14.2 Å². The van der Waals surface area contributed by atoms with E-state index in [4.69, 9.17) is 9.47 Å². The largest absolute Gasteiger partial charge is 0.497 e. The lowest BCUT2D eigenvalue weighted by atomic mass is 10.2. The third-order valence-electron chi connectivity index (χ3n) is 3.87. The average molecular weight is 333 g/mol. The number of benzene rings is 1. The molecule has 0 unspecified atom stereocenters. The molecule has 3 heterocycles. The first kappa shape index (κ1) is 15.1. The number of ether oxygens (including phenoxy) is 2. The molecule has 25 heavy (non-hydrogen) atoms. The van der Waals surface area contributed by atoms with Crippen LogP contribution < -0.4 is 9.47 Å². The summed E-state index contributed by atoms with van der Waals surface area (Å²) in [5, 5.41) is 4.63. The van der Waals surface area contributed by atoms with Gasteiger partial charge < -0.3 is 9.47 Å². The maximum absolute atomic E-state index is 5.46. The zero-order chi connectivity index (χ0) is 17.2. The lowest BCUT2D eigenvalue weighted by molar-refractivity contribution is 0.395. The van der Waals surface area contributed by atoms with E-state index in [1.54, 1.807) is 43.4 Å². The van der Waals surface area contributed by atoms with Crippen LogP contribution in [0, 0.1) is 0 Å². The van der Waals surface area contributed by atoms with Crippen LogP contribution in [0.5, 0.6) is 11.5 Å².